The summed E-state index contributed by atoms with van der Waals surface area (Å²) in [7, 11) is 0. The van der Waals surface area contributed by atoms with Crippen molar-refractivity contribution in [2.24, 2.45) is 0 Å². The van der Waals surface area contributed by atoms with Crippen molar-refractivity contribution in [3.8, 4) is 0 Å². The number of rotatable bonds is 2. The van der Waals surface area contributed by atoms with Crippen molar-refractivity contribution in [2.75, 3.05) is 0 Å². The minimum absolute atomic E-state index is 0.437. The molecule has 1 aromatic rings. The Balaban J connectivity index is 2.86. The summed E-state index contributed by atoms with van der Waals surface area (Å²) in [6.45, 7) is 2.57. The molecule has 1 aromatic carbocycles. The first kappa shape index (κ1) is 9.36. The lowest BCUT2D eigenvalue weighted by atomic mass is 9.60. The molecule has 0 saturated carbocycles. The van der Waals surface area contributed by atoms with E-state index in [1.807, 2.05) is 24.3 Å². The maximum Gasteiger partial charge on any atom is 0.320 e. The summed E-state index contributed by atoms with van der Waals surface area (Å²) < 4.78 is 0. The van der Waals surface area contributed by atoms with Crippen LogP contribution in [0.3, 0.4) is 0 Å². The molecular formula is C8H12B2O2. The molecule has 4 heteroatoms. The average Bonchev–Trinajstić information content (AvgIpc) is 2.04. The predicted octanol–water partition coefficient (Wildman–Crippen LogP) is -0.672. The highest BCUT2D eigenvalue weighted by molar-refractivity contribution is 6.66. The van der Waals surface area contributed by atoms with Crippen LogP contribution in [-0.2, 0) is 0 Å². The van der Waals surface area contributed by atoms with Crippen molar-refractivity contribution >= 4 is 24.8 Å². The van der Waals surface area contributed by atoms with Gasteiger partial charge in [0.25, 0.3) is 0 Å². The lowest BCUT2D eigenvalue weighted by molar-refractivity contribution is 0.592. The van der Waals surface area contributed by atoms with E-state index in [0.29, 0.717) is 0 Å². The van der Waals surface area contributed by atoms with Crippen LogP contribution < -0.4 is 10.9 Å². The first-order chi connectivity index (χ1) is 5.61. The minimum Gasteiger partial charge on any atom is -0.447 e. The van der Waals surface area contributed by atoms with E-state index in [2.05, 4.69) is 0 Å². The van der Waals surface area contributed by atoms with E-state index in [9.17, 15) is 10.0 Å². The largest absolute Gasteiger partial charge is 0.447 e. The molecule has 0 bridgehead atoms. The highest BCUT2D eigenvalue weighted by atomic mass is 16.2. The van der Waals surface area contributed by atoms with Crippen LogP contribution in [0, 0.1) is 0 Å². The van der Waals surface area contributed by atoms with Gasteiger partial charge in [-0.1, -0.05) is 37.9 Å². The summed E-state index contributed by atoms with van der Waals surface area (Å²) in [5, 5.41) is 18.4. The van der Waals surface area contributed by atoms with Gasteiger partial charge in [-0.15, -0.1) is 0 Å². The molecule has 2 N–H and O–H groups in total. The third kappa shape index (κ3) is 2.13. The Morgan fingerprint density at radius 1 is 0.833 bits per heavy atom. The van der Waals surface area contributed by atoms with Crippen molar-refractivity contribution in [2.45, 2.75) is 13.6 Å². The van der Waals surface area contributed by atoms with Crippen LogP contribution in [0.1, 0.15) is 0 Å². The zero-order valence-corrected chi connectivity index (χ0v) is 7.36. The average molecular weight is 162 g/mol. The maximum absolute atomic E-state index is 9.19. The molecule has 12 heavy (non-hydrogen) atoms. The smallest absolute Gasteiger partial charge is 0.320 e. The molecule has 0 spiro atoms. The van der Waals surface area contributed by atoms with Gasteiger partial charge < -0.3 is 10.0 Å². The number of benzene rings is 1. The molecule has 0 aliphatic carbocycles. The third-order valence-corrected chi connectivity index (χ3v) is 1.90. The normalized spacial score (nSPS) is 9.67. The molecule has 0 radical (unpaired) electrons. The third-order valence-electron chi connectivity index (χ3n) is 1.90. The van der Waals surface area contributed by atoms with E-state index < -0.39 is 13.8 Å². The van der Waals surface area contributed by atoms with E-state index in [0.717, 1.165) is 10.9 Å². The fraction of sp³-hybridized carbons (Fsp3) is 0.250. The Hall–Kier alpha value is -0.730. The van der Waals surface area contributed by atoms with Gasteiger partial charge in [0, 0.05) is 0 Å². The quantitative estimate of drug-likeness (QED) is 0.565. The molecule has 0 aromatic heterocycles. The molecule has 0 amide bonds. The van der Waals surface area contributed by atoms with Gasteiger partial charge in [0.1, 0.15) is 0 Å². The highest BCUT2D eigenvalue weighted by Gasteiger charge is 2.08. The van der Waals surface area contributed by atoms with Gasteiger partial charge in [-0.25, -0.2) is 0 Å². The van der Waals surface area contributed by atoms with E-state index in [1.165, 1.54) is 0 Å². The summed E-state index contributed by atoms with van der Waals surface area (Å²) in [6, 6.07) is 7.30. The second-order valence-electron chi connectivity index (χ2n) is 3.02. The van der Waals surface area contributed by atoms with Crippen LogP contribution in [0.25, 0.3) is 0 Å². The molecule has 0 atom stereocenters. The van der Waals surface area contributed by atoms with Crippen molar-refractivity contribution in [3.63, 3.8) is 0 Å². The van der Waals surface area contributed by atoms with Crippen LogP contribution in [0.4, 0.5) is 0 Å². The lowest BCUT2D eigenvalue weighted by Crippen LogP contribution is -2.31. The zero-order chi connectivity index (χ0) is 9.14. The fourth-order valence-electron chi connectivity index (χ4n) is 1.05. The number of hydrogen-bond donors (Lipinski definition) is 2. The second kappa shape index (κ2) is 3.78. The van der Waals surface area contributed by atoms with Crippen LogP contribution in [0.5, 0.6) is 0 Å². The first-order valence-electron chi connectivity index (χ1n) is 4.07. The van der Waals surface area contributed by atoms with Gasteiger partial charge in [0.2, 0.25) is 0 Å². The zero-order valence-electron chi connectivity index (χ0n) is 7.36. The van der Waals surface area contributed by atoms with Gasteiger partial charge in [0.15, 0.2) is 0 Å². The Bertz CT molecular complexity index is 217. The molecular weight excluding hydrogens is 150 g/mol. The summed E-state index contributed by atoms with van der Waals surface area (Å²) in [5.41, 5.74) is 1.75. The van der Waals surface area contributed by atoms with Gasteiger partial charge in [0.05, 0.1) is 0 Å². The molecule has 2 nitrogen and oxygen atoms in total. The Morgan fingerprint density at radius 2 is 1.08 bits per heavy atom. The molecule has 1 rings (SSSR count). The van der Waals surface area contributed by atoms with Gasteiger partial charge in [-0.2, -0.15) is 0 Å². The van der Waals surface area contributed by atoms with Crippen LogP contribution in [0.15, 0.2) is 24.3 Å². The topological polar surface area (TPSA) is 40.5 Å². The maximum atomic E-state index is 9.19. The minimum atomic E-state index is -0.437. The highest BCUT2D eigenvalue weighted by Crippen LogP contribution is 1.86. The molecule has 0 unspecified atom stereocenters. The number of hydrogen-bond acceptors (Lipinski definition) is 2. The van der Waals surface area contributed by atoms with E-state index in [4.69, 9.17) is 0 Å². The van der Waals surface area contributed by atoms with E-state index >= 15 is 0 Å². The molecule has 0 fully saturated rings. The van der Waals surface area contributed by atoms with Crippen LogP contribution in [-0.4, -0.2) is 23.9 Å². The molecule has 0 heterocycles. The van der Waals surface area contributed by atoms with E-state index in [1.54, 1.807) is 13.6 Å². The van der Waals surface area contributed by atoms with Crippen molar-refractivity contribution in [1.82, 2.24) is 0 Å². The Kier molecular flexibility index (Phi) is 2.95. The Morgan fingerprint density at radius 3 is 1.25 bits per heavy atom. The van der Waals surface area contributed by atoms with Crippen LogP contribution in [0.2, 0.25) is 13.6 Å². The van der Waals surface area contributed by atoms with E-state index in [-0.39, 0.29) is 0 Å². The summed E-state index contributed by atoms with van der Waals surface area (Å²) in [6.07, 6.45) is 0. The van der Waals surface area contributed by atoms with Crippen molar-refractivity contribution in [3.05, 3.63) is 24.3 Å². The first-order valence-corrected chi connectivity index (χ1v) is 4.07. The Labute approximate surface area is 73.5 Å². The summed E-state index contributed by atoms with van der Waals surface area (Å²) >= 11 is 0. The standard InChI is InChI=1S/C8H12B2O2/c1-9(11)7-3-5-8(6-4-7)10(2)12/h3-6,11-12H,1-2H3. The monoisotopic (exact) mass is 162 g/mol. The lowest BCUT2D eigenvalue weighted by Gasteiger charge is -2.03. The summed E-state index contributed by atoms with van der Waals surface area (Å²) in [5.74, 6) is 0. The molecule has 0 aliphatic heterocycles. The second-order valence-corrected chi connectivity index (χ2v) is 3.02. The van der Waals surface area contributed by atoms with Crippen molar-refractivity contribution < 1.29 is 10.0 Å². The predicted molar refractivity (Wildman–Crippen MR) is 53.4 cm³/mol. The molecule has 0 aliphatic rings. The summed E-state index contributed by atoms with van der Waals surface area (Å²) in [4.78, 5) is 0. The van der Waals surface area contributed by atoms with Gasteiger partial charge >= 0.3 is 13.8 Å². The SMILES string of the molecule is CB(O)c1ccc(B(C)O)cc1. The van der Waals surface area contributed by atoms with Gasteiger partial charge in [-0.05, 0) is 10.9 Å². The van der Waals surface area contributed by atoms with Gasteiger partial charge in [-0.3, -0.25) is 0 Å². The van der Waals surface area contributed by atoms with Crippen LogP contribution >= 0.6 is 0 Å². The molecule has 0 saturated heterocycles. The fourth-order valence-corrected chi connectivity index (χ4v) is 1.05. The molecule has 62 valence electrons. The van der Waals surface area contributed by atoms with Crippen molar-refractivity contribution in [1.29, 1.82) is 0 Å².